The van der Waals surface area contributed by atoms with E-state index >= 15 is 0 Å². The molecule has 5 nitrogen and oxygen atoms in total. The van der Waals surface area contributed by atoms with E-state index in [1.165, 1.54) is 0 Å². The minimum atomic E-state index is -1.55. The molecule has 1 aliphatic carbocycles. The Morgan fingerprint density at radius 1 is 1.08 bits per heavy atom. The molecule has 0 aromatic heterocycles. The zero-order valence-electron chi connectivity index (χ0n) is 7.27. The van der Waals surface area contributed by atoms with Crippen LogP contribution in [0.25, 0.3) is 0 Å². The summed E-state index contributed by atoms with van der Waals surface area (Å²) in [5.74, 6) is -5.39. The number of carboxylic acids is 2. The number of Topliss-reactive ketones (excluding diaryl/α,β-unsaturated/α-hetero) is 1. The molecule has 2 atom stereocenters. The molecule has 0 amide bonds. The van der Waals surface area contributed by atoms with Crippen LogP contribution in [0, 0.1) is 17.3 Å². The van der Waals surface area contributed by atoms with Gasteiger partial charge in [-0.05, 0) is 5.41 Å². The third-order valence-electron chi connectivity index (χ3n) is 2.59. The molecule has 0 aromatic rings. The number of hydrogen-bond acceptors (Lipinski definition) is 3. The molecule has 1 fully saturated rings. The predicted molar refractivity (Wildman–Crippen MR) is 41.0 cm³/mol. The highest BCUT2D eigenvalue weighted by molar-refractivity contribution is 6.35. The fourth-order valence-corrected chi connectivity index (χ4v) is 1.72. The Kier molecular flexibility index (Phi) is 1.90. The smallest absolute Gasteiger partial charge is 0.372 e. The fraction of sp³-hybridized carbons (Fsp3) is 0.625. The van der Waals surface area contributed by atoms with Gasteiger partial charge in [-0.3, -0.25) is 9.59 Å². The Balaban J connectivity index is 2.82. The SMILES string of the molecule is CC1(C)C(C(=O)O)C1C(=O)C(=O)O. The van der Waals surface area contributed by atoms with Crippen LogP contribution >= 0.6 is 0 Å². The van der Waals surface area contributed by atoms with Crippen molar-refractivity contribution >= 4 is 17.7 Å². The highest BCUT2D eigenvalue weighted by Crippen LogP contribution is 2.58. The van der Waals surface area contributed by atoms with Crippen LogP contribution < -0.4 is 0 Å². The fourth-order valence-electron chi connectivity index (χ4n) is 1.72. The summed E-state index contributed by atoms with van der Waals surface area (Å²) in [5, 5.41) is 17.0. The minimum Gasteiger partial charge on any atom is -0.481 e. The molecule has 2 N–H and O–H groups in total. The van der Waals surface area contributed by atoms with Crippen LogP contribution in [0.4, 0.5) is 0 Å². The summed E-state index contributed by atoms with van der Waals surface area (Å²) in [5.41, 5.74) is -0.721. The van der Waals surface area contributed by atoms with Gasteiger partial charge < -0.3 is 10.2 Å². The standard InChI is InChI=1S/C8H10O5/c1-8(2)3(4(8)6(10)11)5(9)7(12)13/h3-4H,1-2H3,(H,10,11)(H,12,13). The second-order valence-corrected chi connectivity index (χ2v) is 3.78. The zero-order chi connectivity index (χ0) is 10.4. The van der Waals surface area contributed by atoms with Gasteiger partial charge in [0, 0.05) is 5.92 Å². The summed E-state index contributed by atoms with van der Waals surface area (Å²) in [4.78, 5) is 31.8. The van der Waals surface area contributed by atoms with E-state index < -0.39 is 35.0 Å². The number of carbonyl (C=O) groups excluding carboxylic acids is 1. The number of ketones is 1. The van der Waals surface area contributed by atoms with E-state index in [0.717, 1.165) is 0 Å². The van der Waals surface area contributed by atoms with Crippen LogP contribution in [-0.4, -0.2) is 27.9 Å². The summed E-state index contributed by atoms with van der Waals surface area (Å²) in [6.07, 6.45) is 0. The number of hydrogen-bond donors (Lipinski definition) is 2. The van der Waals surface area contributed by atoms with Crippen LogP contribution in [0.5, 0.6) is 0 Å². The lowest BCUT2D eigenvalue weighted by Gasteiger charge is -1.96. The van der Waals surface area contributed by atoms with E-state index in [0.29, 0.717) is 0 Å². The van der Waals surface area contributed by atoms with E-state index in [4.69, 9.17) is 10.2 Å². The monoisotopic (exact) mass is 186 g/mol. The molecule has 0 heterocycles. The molecule has 0 aliphatic heterocycles. The lowest BCUT2D eigenvalue weighted by molar-refractivity contribution is -0.150. The Morgan fingerprint density at radius 3 is 1.77 bits per heavy atom. The average molecular weight is 186 g/mol. The molecule has 0 spiro atoms. The van der Waals surface area contributed by atoms with Crippen LogP contribution in [0.2, 0.25) is 0 Å². The number of carbonyl (C=O) groups is 3. The van der Waals surface area contributed by atoms with Gasteiger partial charge in [-0.25, -0.2) is 4.79 Å². The first-order valence-corrected chi connectivity index (χ1v) is 3.80. The van der Waals surface area contributed by atoms with Gasteiger partial charge in [0.15, 0.2) is 0 Å². The van der Waals surface area contributed by atoms with Gasteiger partial charge in [0.2, 0.25) is 5.78 Å². The molecule has 1 aliphatic rings. The van der Waals surface area contributed by atoms with Crippen molar-refractivity contribution in [1.82, 2.24) is 0 Å². The van der Waals surface area contributed by atoms with Crippen molar-refractivity contribution in [3.8, 4) is 0 Å². The van der Waals surface area contributed by atoms with Gasteiger partial charge in [-0.2, -0.15) is 0 Å². The van der Waals surface area contributed by atoms with Gasteiger partial charge in [0.05, 0.1) is 5.92 Å². The molecule has 2 unspecified atom stereocenters. The Labute approximate surface area is 74.4 Å². The normalized spacial score (nSPS) is 29.4. The van der Waals surface area contributed by atoms with E-state index in [1.54, 1.807) is 13.8 Å². The average Bonchev–Trinajstić information content (AvgIpc) is 2.51. The maximum atomic E-state index is 11.0. The largest absolute Gasteiger partial charge is 0.481 e. The van der Waals surface area contributed by atoms with Crippen molar-refractivity contribution in [3.05, 3.63) is 0 Å². The third kappa shape index (κ3) is 1.30. The summed E-state index contributed by atoms with van der Waals surface area (Å²) in [6.45, 7) is 3.16. The molecule has 1 saturated carbocycles. The van der Waals surface area contributed by atoms with Gasteiger partial charge >= 0.3 is 11.9 Å². The first kappa shape index (κ1) is 9.70. The maximum absolute atomic E-state index is 11.0. The van der Waals surface area contributed by atoms with Crippen molar-refractivity contribution in [1.29, 1.82) is 0 Å². The summed E-state index contributed by atoms with van der Waals surface area (Å²) in [6, 6.07) is 0. The summed E-state index contributed by atoms with van der Waals surface area (Å²) >= 11 is 0. The first-order valence-electron chi connectivity index (χ1n) is 3.80. The van der Waals surface area contributed by atoms with Crippen LogP contribution in [0.3, 0.4) is 0 Å². The van der Waals surface area contributed by atoms with Crippen LogP contribution in [-0.2, 0) is 14.4 Å². The second kappa shape index (κ2) is 2.55. The van der Waals surface area contributed by atoms with Crippen molar-refractivity contribution in [2.24, 2.45) is 17.3 Å². The van der Waals surface area contributed by atoms with E-state index in [9.17, 15) is 14.4 Å². The van der Waals surface area contributed by atoms with Crippen LogP contribution in [0.1, 0.15) is 13.8 Å². The Bertz CT molecular complexity index is 291. The highest BCUT2D eigenvalue weighted by atomic mass is 16.4. The van der Waals surface area contributed by atoms with Crippen LogP contribution in [0.15, 0.2) is 0 Å². The van der Waals surface area contributed by atoms with Gasteiger partial charge in [0.25, 0.3) is 0 Å². The van der Waals surface area contributed by atoms with Crippen molar-refractivity contribution in [2.45, 2.75) is 13.8 Å². The number of rotatable bonds is 3. The lowest BCUT2D eigenvalue weighted by atomic mass is 10.1. The third-order valence-corrected chi connectivity index (χ3v) is 2.59. The molecule has 0 saturated heterocycles. The number of aliphatic carboxylic acids is 2. The molecule has 1 rings (SSSR count). The Hall–Kier alpha value is -1.39. The second-order valence-electron chi connectivity index (χ2n) is 3.78. The molecule has 5 heteroatoms. The van der Waals surface area contributed by atoms with Gasteiger partial charge in [-0.15, -0.1) is 0 Å². The Morgan fingerprint density at radius 2 is 1.54 bits per heavy atom. The lowest BCUT2D eigenvalue weighted by Crippen LogP contribution is -2.18. The van der Waals surface area contributed by atoms with E-state index in [-0.39, 0.29) is 0 Å². The minimum absolute atomic E-state index is 0.721. The molecule has 13 heavy (non-hydrogen) atoms. The van der Waals surface area contributed by atoms with Crippen molar-refractivity contribution < 1.29 is 24.6 Å². The quantitative estimate of drug-likeness (QED) is 0.605. The van der Waals surface area contributed by atoms with Gasteiger partial charge in [0.1, 0.15) is 0 Å². The molecule has 0 radical (unpaired) electrons. The zero-order valence-corrected chi connectivity index (χ0v) is 7.27. The maximum Gasteiger partial charge on any atom is 0.372 e. The van der Waals surface area contributed by atoms with Gasteiger partial charge in [-0.1, -0.05) is 13.8 Å². The predicted octanol–water partition coefficient (Wildman–Crippen LogP) is -0.00310. The van der Waals surface area contributed by atoms with Crippen molar-refractivity contribution in [2.75, 3.05) is 0 Å². The molecule has 0 aromatic carbocycles. The molecule has 0 bridgehead atoms. The topological polar surface area (TPSA) is 91.7 Å². The highest BCUT2D eigenvalue weighted by Gasteiger charge is 2.66. The van der Waals surface area contributed by atoms with E-state index in [2.05, 4.69) is 0 Å². The molecule has 72 valence electrons. The summed E-state index contributed by atoms with van der Waals surface area (Å²) in [7, 11) is 0. The summed E-state index contributed by atoms with van der Waals surface area (Å²) < 4.78 is 0. The molecular formula is C8H10O5. The number of carboxylic acid groups (broad SMARTS) is 2. The molecular weight excluding hydrogens is 176 g/mol. The first-order chi connectivity index (χ1) is 5.80. The van der Waals surface area contributed by atoms with E-state index in [1.807, 2.05) is 0 Å². The van der Waals surface area contributed by atoms with Crippen molar-refractivity contribution in [3.63, 3.8) is 0 Å².